The molecule has 0 unspecified atom stereocenters. The van der Waals surface area contributed by atoms with Crippen LogP contribution in [0.3, 0.4) is 0 Å². The molecule has 0 rings (SSSR count). The summed E-state index contributed by atoms with van der Waals surface area (Å²) in [4.78, 5) is 0. The zero-order valence-corrected chi connectivity index (χ0v) is 7.28. The van der Waals surface area contributed by atoms with Crippen molar-refractivity contribution in [2.45, 2.75) is 0 Å². The first-order valence-corrected chi connectivity index (χ1v) is 11.5. The van der Waals surface area contributed by atoms with Crippen LogP contribution in [0.1, 0.15) is 0 Å². The second-order valence-electron chi connectivity index (χ2n) is 0.516. The van der Waals surface area contributed by atoms with Crippen molar-refractivity contribution in [1.29, 1.82) is 0 Å². The Labute approximate surface area is 51.2 Å². The van der Waals surface area contributed by atoms with E-state index in [-0.39, 0.29) is 5.12 Å². The van der Waals surface area contributed by atoms with E-state index in [0.29, 0.717) is 0 Å². The monoisotopic (exact) mass is 329 g/mol. The predicted molar refractivity (Wildman–Crippen MR) is 24.6 cm³/mol. The molecule has 0 aromatic rings. The van der Waals surface area contributed by atoms with Gasteiger partial charge in [0.1, 0.15) is 0 Å². The molecule has 0 amide bonds. The summed E-state index contributed by atoms with van der Waals surface area (Å²) in [6.45, 7) is 0. The van der Waals surface area contributed by atoms with Crippen molar-refractivity contribution < 1.29 is 17.4 Å². The average molecular weight is 330 g/mol. The first kappa shape index (κ1) is 7.48. The zero-order valence-electron chi connectivity index (χ0n) is 2.62. The van der Waals surface area contributed by atoms with Crippen LogP contribution in [0.2, 0.25) is 0 Å². The van der Waals surface area contributed by atoms with E-state index >= 15 is 0 Å². The molecule has 0 aliphatic rings. The van der Waals surface area contributed by atoms with Crippen LogP contribution in [0.5, 0.6) is 0 Å². The standard InChI is InChI=1S/CH3O.3ClH.Ir/c1-2;;;;/h2H,1H2;3*1H;/q;;;;+3/p-3. The summed E-state index contributed by atoms with van der Waals surface area (Å²) in [5.74, 6) is 0. The van der Waals surface area contributed by atoms with E-state index in [4.69, 9.17) is 33.9 Å². The average Bonchev–Trinajstić information content (AvgIpc) is 1.35. The van der Waals surface area contributed by atoms with Gasteiger partial charge in [0.25, 0.3) is 0 Å². The van der Waals surface area contributed by atoms with Gasteiger partial charge in [0, 0.05) is 0 Å². The third-order valence-corrected chi connectivity index (χ3v) is 2.94. The minimum absolute atomic E-state index is 0.245. The summed E-state index contributed by atoms with van der Waals surface area (Å²) in [5, 5.41) is 7.84. The predicted octanol–water partition coefficient (Wildman–Crippen LogP) is 1.55. The third kappa shape index (κ3) is 5.48. The number of rotatable bonds is 1. The molecule has 1 N–H and O–H groups in total. The van der Waals surface area contributed by atoms with Crippen molar-refractivity contribution in [1.82, 2.24) is 0 Å². The zero-order chi connectivity index (χ0) is 5.21. The molecule has 43 valence electrons. The molecule has 0 saturated carbocycles. The fraction of sp³-hybridized carbons (Fsp3) is 1.00. The van der Waals surface area contributed by atoms with Gasteiger partial charge in [-0.15, -0.1) is 0 Å². The number of hydrogen-bond acceptors (Lipinski definition) is 1. The molecule has 0 bridgehead atoms. The van der Waals surface area contributed by atoms with Crippen molar-refractivity contribution in [3.05, 3.63) is 0 Å². The SMILES string of the molecule is O[CH2][Ir]([Cl])([Cl])[Cl]. The van der Waals surface area contributed by atoms with Gasteiger partial charge in [-0.05, 0) is 0 Å². The summed E-state index contributed by atoms with van der Waals surface area (Å²) in [6, 6.07) is 0. The third-order valence-electron chi connectivity index (χ3n) is 0.120. The number of halogens is 3. The molecule has 1 nitrogen and oxygen atoms in total. The molecule has 0 aromatic heterocycles. The van der Waals surface area contributed by atoms with E-state index in [9.17, 15) is 0 Å². The van der Waals surface area contributed by atoms with E-state index in [0.717, 1.165) is 0 Å². The molecule has 0 aliphatic carbocycles. The first-order chi connectivity index (χ1) is 2.56. The Kier molecular flexibility index (Phi) is 3.37. The molecule has 6 heavy (non-hydrogen) atoms. The van der Waals surface area contributed by atoms with Crippen LogP contribution < -0.4 is 0 Å². The Morgan fingerprint density at radius 1 is 1.33 bits per heavy atom. The Balaban J connectivity index is 3.17. The van der Waals surface area contributed by atoms with Crippen LogP contribution in [0.4, 0.5) is 0 Å². The van der Waals surface area contributed by atoms with Crippen LogP contribution >= 0.6 is 28.8 Å². The van der Waals surface area contributed by atoms with E-state index in [1.807, 2.05) is 0 Å². The van der Waals surface area contributed by atoms with E-state index in [1.54, 1.807) is 0 Å². The molecule has 5 heteroatoms. The summed E-state index contributed by atoms with van der Waals surface area (Å²) >= 11 is -3.07. The molecule has 0 aromatic carbocycles. The Morgan fingerprint density at radius 3 is 1.50 bits per heavy atom. The summed E-state index contributed by atoms with van der Waals surface area (Å²) < 4.78 is 0. The van der Waals surface area contributed by atoms with Crippen molar-refractivity contribution in [3.63, 3.8) is 0 Å². The fourth-order valence-electron chi connectivity index (χ4n) is 0. The van der Waals surface area contributed by atoms with E-state index < -0.39 is 12.2 Å². The first-order valence-electron chi connectivity index (χ1n) is 0.930. The molecule has 0 aliphatic heterocycles. The van der Waals surface area contributed by atoms with Crippen molar-refractivity contribution in [3.8, 4) is 0 Å². The van der Waals surface area contributed by atoms with Gasteiger partial charge in [0.05, 0.1) is 0 Å². The van der Waals surface area contributed by atoms with Crippen LogP contribution in [0.25, 0.3) is 0 Å². The number of aliphatic hydroxyl groups is 1. The van der Waals surface area contributed by atoms with Crippen LogP contribution in [-0.4, -0.2) is 10.2 Å². The van der Waals surface area contributed by atoms with Gasteiger partial charge >= 0.3 is 51.2 Å². The molecule has 0 heterocycles. The molecule has 0 radical (unpaired) electrons. The molecule has 0 saturated heterocycles. The van der Waals surface area contributed by atoms with Gasteiger partial charge < -0.3 is 0 Å². The Hall–Kier alpha value is 1.48. The second-order valence-corrected chi connectivity index (χ2v) is 17.9. The van der Waals surface area contributed by atoms with Crippen LogP contribution in [0.15, 0.2) is 0 Å². The summed E-state index contributed by atoms with van der Waals surface area (Å²) in [5.41, 5.74) is 0. The van der Waals surface area contributed by atoms with Gasteiger partial charge in [-0.2, -0.15) is 0 Å². The van der Waals surface area contributed by atoms with Gasteiger partial charge in [0.2, 0.25) is 0 Å². The second kappa shape index (κ2) is 2.71. The van der Waals surface area contributed by atoms with Gasteiger partial charge in [-0.1, -0.05) is 0 Å². The van der Waals surface area contributed by atoms with Gasteiger partial charge in [0.15, 0.2) is 0 Å². The summed E-state index contributed by atoms with van der Waals surface area (Å²) in [7, 11) is 15.6. The van der Waals surface area contributed by atoms with Gasteiger partial charge in [-0.25, -0.2) is 0 Å². The van der Waals surface area contributed by atoms with E-state index in [1.165, 1.54) is 0 Å². The quantitative estimate of drug-likeness (QED) is 0.774. The van der Waals surface area contributed by atoms with E-state index in [2.05, 4.69) is 0 Å². The molecule has 0 spiro atoms. The number of aliphatic hydroxyl groups excluding tert-OH is 1. The van der Waals surface area contributed by atoms with Crippen LogP contribution in [-0.2, 0) is 12.2 Å². The molecular formula is CH3Cl3IrO. The Morgan fingerprint density at radius 2 is 1.50 bits per heavy atom. The maximum absolute atomic E-state index is 8.09. The molecule has 0 fully saturated rings. The Bertz CT molecular complexity index is 40.5. The minimum atomic E-state index is -3.07. The van der Waals surface area contributed by atoms with Crippen LogP contribution in [0, 0.1) is 0 Å². The maximum atomic E-state index is 8.09. The normalized spacial score (nSPS) is 14.7. The topological polar surface area (TPSA) is 20.2 Å². The molecule has 0 atom stereocenters. The van der Waals surface area contributed by atoms with Crippen molar-refractivity contribution in [2.24, 2.45) is 0 Å². The van der Waals surface area contributed by atoms with Crippen molar-refractivity contribution in [2.75, 3.05) is 5.12 Å². The number of hydrogen-bond donors (Lipinski definition) is 1. The van der Waals surface area contributed by atoms with Gasteiger partial charge in [-0.3, -0.25) is 0 Å². The summed E-state index contributed by atoms with van der Waals surface area (Å²) in [6.07, 6.45) is 0. The fourth-order valence-corrected chi connectivity index (χ4v) is 0. The van der Waals surface area contributed by atoms with Crippen molar-refractivity contribution >= 4 is 28.8 Å². The molecular weight excluding hydrogens is 327 g/mol.